The van der Waals surface area contributed by atoms with Crippen molar-refractivity contribution in [2.24, 2.45) is 0 Å². The molecule has 1 atom stereocenters. The Morgan fingerprint density at radius 3 is 2.79 bits per heavy atom. The first-order valence-electron chi connectivity index (χ1n) is 7.93. The van der Waals surface area contributed by atoms with Gasteiger partial charge in [0.15, 0.2) is 5.82 Å². The van der Waals surface area contributed by atoms with Gasteiger partial charge in [-0.2, -0.15) is 10.2 Å². The molecule has 0 bridgehead atoms. The summed E-state index contributed by atoms with van der Waals surface area (Å²) in [4.78, 5) is 12.4. The predicted octanol–water partition coefficient (Wildman–Crippen LogP) is 2.94. The fourth-order valence-corrected chi connectivity index (χ4v) is 2.64. The Balaban J connectivity index is 1.65. The van der Waals surface area contributed by atoms with E-state index in [4.69, 9.17) is 0 Å². The zero-order chi connectivity index (χ0) is 17.1. The van der Waals surface area contributed by atoms with Crippen LogP contribution in [0.15, 0.2) is 48.8 Å². The molecule has 0 radical (unpaired) electrons. The molecule has 0 saturated heterocycles. The maximum absolute atomic E-state index is 12.4. The number of nitrogens with zero attached hydrogens (tertiary/aromatic N) is 4. The topological polar surface area (TPSA) is 64.7 Å². The normalized spacial score (nSPS) is 12.1. The Morgan fingerprint density at radius 2 is 2.08 bits per heavy atom. The molecule has 2 heterocycles. The van der Waals surface area contributed by atoms with Crippen molar-refractivity contribution in [3.05, 3.63) is 65.6 Å². The Kier molecular flexibility index (Phi) is 4.46. The average Bonchev–Trinajstić information content (AvgIpc) is 3.15. The van der Waals surface area contributed by atoms with E-state index < -0.39 is 0 Å². The van der Waals surface area contributed by atoms with Crippen LogP contribution in [0.5, 0.6) is 0 Å². The number of amides is 1. The van der Waals surface area contributed by atoms with E-state index in [1.54, 1.807) is 16.9 Å². The molecule has 24 heavy (non-hydrogen) atoms. The maximum Gasteiger partial charge on any atom is 0.250 e. The van der Waals surface area contributed by atoms with Crippen LogP contribution in [0, 0.1) is 13.8 Å². The van der Waals surface area contributed by atoms with Crippen molar-refractivity contribution in [2.75, 3.05) is 5.32 Å². The third kappa shape index (κ3) is 3.53. The van der Waals surface area contributed by atoms with Crippen LogP contribution in [0.4, 0.5) is 5.82 Å². The highest BCUT2D eigenvalue weighted by Gasteiger charge is 2.17. The molecule has 2 aromatic heterocycles. The van der Waals surface area contributed by atoms with Gasteiger partial charge in [-0.15, -0.1) is 0 Å². The van der Waals surface area contributed by atoms with Gasteiger partial charge in [-0.3, -0.25) is 14.2 Å². The molecular weight excluding hydrogens is 302 g/mol. The Morgan fingerprint density at radius 1 is 1.25 bits per heavy atom. The molecule has 0 aliphatic carbocycles. The summed E-state index contributed by atoms with van der Waals surface area (Å²) in [5, 5.41) is 11.4. The monoisotopic (exact) mass is 323 g/mol. The smallest absolute Gasteiger partial charge is 0.250 e. The van der Waals surface area contributed by atoms with Crippen molar-refractivity contribution in [3.8, 4) is 0 Å². The van der Waals surface area contributed by atoms with Crippen molar-refractivity contribution in [1.29, 1.82) is 0 Å². The van der Waals surface area contributed by atoms with Crippen LogP contribution < -0.4 is 5.32 Å². The van der Waals surface area contributed by atoms with Crippen LogP contribution in [0.1, 0.15) is 29.8 Å². The number of carbonyl (C=O) groups excluding carboxylic acids is 1. The summed E-state index contributed by atoms with van der Waals surface area (Å²) in [6.07, 6.45) is 3.55. The molecule has 0 fully saturated rings. The standard InChI is InChI=1S/C18H21N5O/c1-13-5-4-6-16(11-13)12-22-10-8-17(21-22)20-18(24)15(3)23-14(2)7-9-19-23/h4-11,15H,12H2,1-3H3,(H,20,21,24). The molecule has 3 aromatic rings. The largest absolute Gasteiger partial charge is 0.307 e. The molecule has 1 N–H and O–H groups in total. The number of carbonyl (C=O) groups is 1. The van der Waals surface area contributed by atoms with Gasteiger partial charge >= 0.3 is 0 Å². The number of hydrogen-bond acceptors (Lipinski definition) is 3. The Labute approximate surface area is 141 Å². The highest BCUT2D eigenvalue weighted by Crippen LogP contribution is 2.13. The van der Waals surface area contributed by atoms with Crippen LogP contribution in [0.2, 0.25) is 0 Å². The summed E-state index contributed by atoms with van der Waals surface area (Å²) in [5.74, 6) is 0.409. The molecule has 3 rings (SSSR count). The zero-order valence-corrected chi connectivity index (χ0v) is 14.1. The molecule has 124 valence electrons. The molecule has 0 spiro atoms. The van der Waals surface area contributed by atoms with Gasteiger partial charge in [0.1, 0.15) is 6.04 Å². The SMILES string of the molecule is Cc1cccc(Cn2ccc(NC(=O)C(C)n3nccc3C)n2)c1. The van der Waals surface area contributed by atoms with E-state index in [-0.39, 0.29) is 11.9 Å². The lowest BCUT2D eigenvalue weighted by atomic mass is 10.1. The van der Waals surface area contributed by atoms with Gasteiger partial charge in [-0.1, -0.05) is 29.8 Å². The maximum atomic E-state index is 12.4. The van der Waals surface area contributed by atoms with Gasteiger partial charge < -0.3 is 5.32 Å². The molecule has 1 amide bonds. The number of rotatable bonds is 5. The molecular formula is C18H21N5O. The van der Waals surface area contributed by atoms with Crippen LogP contribution in [-0.2, 0) is 11.3 Å². The molecule has 0 aliphatic rings. The summed E-state index contributed by atoms with van der Waals surface area (Å²) >= 11 is 0. The minimum Gasteiger partial charge on any atom is -0.307 e. The fourth-order valence-electron chi connectivity index (χ4n) is 2.64. The van der Waals surface area contributed by atoms with E-state index in [0.717, 1.165) is 5.69 Å². The van der Waals surface area contributed by atoms with Crippen molar-refractivity contribution in [2.45, 2.75) is 33.4 Å². The zero-order valence-electron chi connectivity index (χ0n) is 14.1. The van der Waals surface area contributed by atoms with Gasteiger partial charge in [-0.25, -0.2) is 0 Å². The second kappa shape index (κ2) is 6.70. The fraction of sp³-hybridized carbons (Fsp3) is 0.278. The summed E-state index contributed by atoms with van der Waals surface area (Å²) < 4.78 is 3.51. The Bertz CT molecular complexity index is 848. The van der Waals surface area contributed by atoms with E-state index in [9.17, 15) is 4.79 Å². The first kappa shape index (κ1) is 16.0. The van der Waals surface area contributed by atoms with Gasteiger partial charge in [0.05, 0.1) is 6.54 Å². The minimum absolute atomic E-state index is 0.136. The quantitative estimate of drug-likeness (QED) is 0.785. The third-order valence-electron chi connectivity index (χ3n) is 3.93. The number of nitrogens with one attached hydrogen (secondary N) is 1. The summed E-state index contributed by atoms with van der Waals surface area (Å²) in [6.45, 7) is 6.48. The first-order valence-corrected chi connectivity index (χ1v) is 7.93. The molecule has 0 aliphatic heterocycles. The number of benzene rings is 1. The molecule has 1 aromatic carbocycles. The van der Waals surface area contributed by atoms with Crippen molar-refractivity contribution in [1.82, 2.24) is 19.6 Å². The number of aryl methyl sites for hydroxylation is 2. The van der Waals surface area contributed by atoms with Crippen molar-refractivity contribution in [3.63, 3.8) is 0 Å². The molecule has 1 unspecified atom stereocenters. The van der Waals surface area contributed by atoms with E-state index in [2.05, 4.69) is 40.6 Å². The third-order valence-corrected chi connectivity index (χ3v) is 3.93. The van der Waals surface area contributed by atoms with E-state index >= 15 is 0 Å². The predicted molar refractivity (Wildman–Crippen MR) is 92.8 cm³/mol. The molecule has 0 saturated carbocycles. The minimum atomic E-state index is -0.387. The number of aromatic nitrogens is 4. The lowest BCUT2D eigenvalue weighted by molar-refractivity contribution is -0.119. The van der Waals surface area contributed by atoms with Gasteiger partial charge in [-0.05, 0) is 32.4 Å². The highest BCUT2D eigenvalue weighted by atomic mass is 16.2. The Hall–Kier alpha value is -2.89. The lowest BCUT2D eigenvalue weighted by Crippen LogP contribution is -2.25. The average molecular weight is 323 g/mol. The van der Waals surface area contributed by atoms with Crippen molar-refractivity contribution >= 4 is 11.7 Å². The number of hydrogen-bond donors (Lipinski definition) is 1. The highest BCUT2D eigenvalue weighted by molar-refractivity contribution is 5.92. The summed E-state index contributed by atoms with van der Waals surface area (Å²) in [6, 6.07) is 11.6. The summed E-state index contributed by atoms with van der Waals surface area (Å²) in [7, 11) is 0. The van der Waals surface area contributed by atoms with Gasteiger partial charge in [0, 0.05) is 24.2 Å². The van der Waals surface area contributed by atoms with Crippen LogP contribution >= 0.6 is 0 Å². The van der Waals surface area contributed by atoms with Gasteiger partial charge in [0.25, 0.3) is 0 Å². The molecule has 6 heteroatoms. The van der Waals surface area contributed by atoms with E-state index in [0.29, 0.717) is 12.4 Å². The molecule has 6 nitrogen and oxygen atoms in total. The second-order valence-corrected chi connectivity index (χ2v) is 5.97. The van der Waals surface area contributed by atoms with E-state index in [1.807, 2.05) is 36.9 Å². The van der Waals surface area contributed by atoms with Crippen molar-refractivity contribution < 1.29 is 4.79 Å². The van der Waals surface area contributed by atoms with Crippen LogP contribution in [0.25, 0.3) is 0 Å². The lowest BCUT2D eigenvalue weighted by Gasteiger charge is -2.13. The summed E-state index contributed by atoms with van der Waals surface area (Å²) in [5.41, 5.74) is 3.34. The van der Waals surface area contributed by atoms with Crippen LogP contribution in [0.3, 0.4) is 0 Å². The van der Waals surface area contributed by atoms with E-state index in [1.165, 1.54) is 11.1 Å². The second-order valence-electron chi connectivity index (χ2n) is 5.97. The van der Waals surface area contributed by atoms with Gasteiger partial charge in [0.2, 0.25) is 5.91 Å². The first-order chi connectivity index (χ1) is 11.5. The van der Waals surface area contributed by atoms with Crippen LogP contribution in [-0.4, -0.2) is 25.5 Å². The number of anilines is 1.